The topological polar surface area (TPSA) is 102 Å². The van der Waals surface area contributed by atoms with Crippen LogP contribution in [-0.2, 0) is 37.8 Å². The number of sulfonamides is 1. The molecule has 1 fully saturated rings. The highest BCUT2D eigenvalue weighted by Gasteiger charge is 2.30. The van der Waals surface area contributed by atoms with Gasteiger partial charge in [-0.05, 0) is 26.0 Å². The van der Waals surface area contributed by atoms with E-state index < -0.39 is 16.0 Å². The molecule has 2 heterocycles. The largest absolute Gasteiger partial charge is 0.455 e. The third-order valence-electron chi connectivity index (χ3n) is 5.31. The van der Waals surface area contributed by atoms with E-state index in [0.717, 1.165) is 17.0 Å². The van der Waals surface area contributed by atoms with Crippen molar-refractivity contribution in [1.29, 1.82) is 0 Å². The lowest BCUT2D eigenvalue weighted by Gasteiger charge is -2.33. The second-order valence-corrected chi connectivity index (χ2v) is 9.15. The number of carbonyl (C=O) groups is 2. The quantitative estimate of drug-likeness (QED) is 0.619. The van der Waals surface area contributed by atoms with Crippen LogP contribution in [0.1, 0.15) is 17.0 Å². The van der Waals surface area contributed by atoms with Crippen molar-refractivity contribution < 1.29 is 22.7 Å². The molecule has 30 heavy (non-hydrogen) atoms. The number of esters is 1. The summed E-state index contributed by atoms with van der Waals surface area (Å²) in [5, 5.41) is 4.26. The molecule has 0 radical (unpaired) electrons. The average molecular weight is 435 g/mol. The predicted octanol–water partition coefficient (Wildman–Crippen LogP) is 0.656. The Bertz CT molecular complexity index is 1020. The van der Waals surface area contributed by atoms with Crippen molar-refractivity contribution in [2.24, 2.45) is 7.05 Å². The number of amides is 1. The fourth-order valence-electron chi connectivity index (χ4n) is 3.42. The van der Waals surface area contributed by atoms with Crippen LogP contribution in [0.5, 0.6) is 0 Å². The maximum absolute atomic E-state index is 12.7. The smallest absolute Gasteiger partial charge is 0.310 e. The van der Waals surface area contributed by atoms with E-state index in [9.17, 15) is 18.0 Å². The average Bonchev–Trinajstić information content (AvgIpc) is 2.98. The zero-order chi connectivity index (χ0) is 21.9. The molecule has 1 amide bonds. The molecule has 0 saturated carbocycles. The predicted molar refractivity (Wildman–Crippen MR) is 109 cm³/mol. The molecule has 0 spiro atoms. The molecule has 0 N–H and O–H groups in total. The molecule has 162 valence electrons. The van der Waals surface area contributed by atoms with E-state index in [1.54, 1.807) is 42.1 Å². The first-order chi connectivity index (χ1) is 14.2. The number of ether oxygens (including phenoxy) is 1. The minimum Gasteiger partial charge on any atom is -0.455 e. The van der Waals surface area contributed by atoms with Gasteiger partial charge in [0.15, 0.2) is 6.61 Å². The van der Waals surface area contributed by atoms with E-state index in [4.69, 9.17) is 4.74 Å². The Balaban J connectivity index is 1.49. The summed E-state index contributed by atoms with van der Waals surface area (Å²) in [6, 6.07) is 8.22. The third-order valence-corrected chi connectivity index (χ3v) is 7.22. The Morgan fingerprint density at radius 2 is 1.70 bits per heavy atom. The lowest BCUT2D eigenvalue weighted by atomic mass is 10.1. The van der Waals surface area contributed by atoms with Crippen LogP contribution >= 0.6 is 0 Å². The summed E-state index contributed by atoms with van der Waals surface area (Å²) < 4.78 is 33.5. The Morgan fingerprint density at radius 3 is 2.27 bits per heavy atom. The fraction of sp³-hybridized carbons (Fsp3) is 0.450. The molecule has 3 rings (SSSR count). The zero-order valence-corrected chi connectivity index (χ0v) is 18.2. The molecule has 0 unspecified atom stereocenters. The van der Waals surface area contributed by atoms with Crippen molar-refractivity contribution in [2.75, 3.05) is 32.8 Å². The zero-order valence-electron chi connectivity index (χ0n) is 17.4. The molecule has 10 heteroatoms. The van der Waals surface area contributed by atoms with Gasteiger partial charge in [-0.15, -0.1) is 0 Å². The van der Waals surface area contributed by atoms with E-state index in [1.165, 1.54) is 9.21 Å². The minimum atomic E-state index is -3.58. The normalized spacial score (nSPS) is 15.2. The molecule has 0 bridgehead atoms. The first-order valence-corrected chi connectivity index (χ1v) is 11.1. The molecule has 1 aliphatic rings. The lowest BCUT2D eigenvalue weighted by molar-refractivity contribution is -0.152. The second kappa shape index (κ2) is 8.97. The van der Waals surface area contributed by atoms with Gasteiger partial charge in [0.25, 0.3) is 5.91 Å². The minimum absolute atomic E-state index is 0.0574. The maximum atomic E-state index is 12.7. The number of hydrogen-bond donors (Lipinski definition) is 0. The molecule has 0 aliphatic carbocycles. The van der Waals surface area contributed by atoms with E-state index in [1.807, 2.05) is 13.8 Å². The Labute approximate surface area is 176 Å². The maximum Gasteiger partial charge on any atom is 0.310 e. The van der Waals surface area contributed by atoms with Gasteiger partial charge in [0.2, 0.25) is 10.0 Å². The molecular formula is C20H26N4O5S. The Hall–Kier alpha value is -2.72. The van der Waals surface area contributed by atoms with Crippen LogP contribution in [0, 0.1) is 13.8 Å². The highest BCUT2D eigenvalue weighted by atomic mass is 32.2. The highest BCUT2D eigenvalue weighted by Crippen LogP contribution is 2.17. The van der Waals surface area contributed by atoms with Crippen LogP contribution in [0.4, 0.5) is 0 Å². The van der Waals surface area contributed by atoms with Gasteiger partial charge in [0.1, 0.15) is 0 Å². The van der Waals surface area contributed by atoms with Crippen molar-refractivity contribution in [3.8, 4) is 0 Å². The second-order valence-electron chi connectivity index (χ2n) is 7.21. The van der Waals surface area contributed by atoms with Gasteiger partial charge < -0.3 is 9.64 Å². The molecular weight excluding hydrogens is 408 g/mol. The SMILES string of the molecule is Cc1nn(C)c(C)c1CC(=O)OCC(=O)N1CCN(S(=O)(=O)c2ccccc2)CC1. The van der Waals surface area contributed by atoms with E-state index in [-0.39, 0.29) is 50.0 Å². The van der Waals surface area contributed by atoms with Crippen molar-refractivity contribution in [2.45, 2.75) is 25.2 Å². The number of benzene rings is 1. The van der Waals surface area contributed by atoms with E-state index in [0.29, 0.717) is 0 Å². The molecule has 9 nitrogen and oxygen atoms in total. The third kappa shape index (κ3) is 4.71. The van der Waals surface area contributed by atoms with Gasteiger partial charge in [-0.3, -0.25) is 14.3 Å². The lowest BCUT2D eigenvalue weighted by Crippen LogP contribution is -2.51. The van der Waals surface area contributed by atoms with Crippen molar-refractivity contribution >= 4 is 21.9 Å². The summed E-state index contributed by atoms with van der Waals surface area (Å²) in [5.41, 5.74) is 2.44. The van der Waals surface area contributed by atoms with Crippen LogP contribution in [0.15, 0.2) is 35.2 Å². The Kier molecular flexibility index (Phi) is 6.57. The van der Waals surface area contributed by atoms with E-state index in [2.05, 4.69) is 5.10 Å². The summed E-state index contributed by atoms with van der Waals surface area (Å²) >= 11 is 0. The number of aryl methyl sites for hydroxylation is 2. The summed E-state index contributed by atoms with van der Waals surface area (Å²) in [7, 11) is -1.77. The van der Waals surface area contributed by atoms with Crippen LogP contribution in [0.25, 0.3) is 0 Å². The van der Waals surface area contributed by atoms with Crippen LogP contribution in [0.2, 0.25) is 0 Å². The van der Waals surface area contributed by atoms with Crippen LogP contribution < -0.4 is 0 Å². The highest BCUT2D eigenvalue weighted by molar-refractivity contribution is 7.89. The molecule has 1 aromatic carbocycles. The van der Waals surface area contributed by atoms with E-state index >= 15 is 0 Å². The number of hydrogen-bond acceptors (Lipinski definition) is 6. The van der Waals surface area contributed by atoms with Gasteiger partial charge in [0, 0.05) is 44.5 Å². The number of aromatic nitrogens is 2. The molecule has 1 saturated heterocycles. The summed E-state index contributed by atoms with van der Waals surface area (Å²) in [6.07, 6.45) is 0.0574. The summed E-state index contributed by atoms with van der Waals surface area (Å²) in [4.78, 5) is 26.3. The first kappa shape index (κ1) is 22.0. The van der Waals surface area contributed by atoms with Gasteiger partial charge in [-0.2, -0.15) is 9.40 Å². The summed E-state index contributed by atoms with van der Waals surface area (Å²) in [5.74, 6) is -0.826. The van der Waals surface area contributed by atoms with Gasteiger partial charge in [0.05, 0.1) is 17.0 Å². The molecule has 1 aliphatic heterocycles. The standard InChI is InChI=1S/C20H26N4O5S/c1-15-18(16(2)22(3)21-15)13-20(26)29-14-19(25)23-9-11-24(12-10-23)30(27,28)17-7-5-4-6-8-17/h4-8H,9-14H2,1-3H3. The van der Waals surface area contributed by atoms with Gasteiger partial charge in [-0.1, -0.05) is 18.2 Å². The van der Waals surface area contributed by atoms with Crippen molar-refractivity contribution in [3.63, 3.8) is 0 Å². The molecule has 1 aromatic heterocycles. The number of piperazine rings is 1. The van der Waals surface area contributed by atoms with Crippen molar-refractivity contribution in [3.05, 3.63) is 47.3 Å². The van der Waals surface area contributed by atoms with Gasteiger partial charge >= 0.3 is 5.97 Å². The Morgan fingerprint density at radius 1 is 1.07 bits per heavy atom. The molecule has 0 atom stereocenters. The van der Waals surface area contributed by atoms with Gasteiger partial charge in [-0.25, -0.2) is 8.42 Å². The number of carbonyl (C=O) groups excluding carboxylic acids is 2. The molecule has 2 aromatic rings. The first-order valence-electron chi connectivity index (χ1n) is 9.68. The fourth-order valence-corrected chi connectivity index (χ4v) is 4.86. The van der Waals surface area contributed by atoms with Crippen LogP contribution in [-0.4, -0.2) is 72.1 Å². The van der Waals surface area contributed by atoms with Crippen LogP contribution in [0.3, 0.4) is 0 Å². The number of nitrogens with zero attached hydrogens (tertiary/aromatic N) is 4. The summed E-state index contributed by atoms with van der Waals surface area (Å²) in [6.45, 7) is 4.24. The number of rotatable bonds is 6. The van der Waals surface area contributed by atoms with Crippen molar-refractivity contribution in [1.82, 2.24) is 19.0 Å². The monoisotopic (exact) mass is 434 g/mol.